The zero-order chi connectivity index (χ0) is 9.97. The highest BCUT2D eigenvalue weighted by Crippen LogP contribution is 2.23. The quantitative estimate of drug-likeness (QED) is 0.649. The van der Waals surface area contributed by atoms with Crippen molar-refractivity contribution in [3.63, 3.8) is 0 Å². The summed E-state index contributed by atoms with van der Waals surface area (Å²) in [4.78, 5) is 0. The molecule has 2 heteroatoms. The number of halogens is 1. The number of benzene rings is 2. The van der Waals surface area contributed by atoms with Crippen molar-refractivity contribution in [2.45, 2.75) is 5.88 Å². The van der Waals surface area contributed by atoms with E-state index in [4.69, 9.17) is 16.9 Å². The van der Waals surface area contributed by atoms with Crippen LogP contribution in [-0.4, -0.2) is 0 Å². The molecule has 0 aliphatic heterocycles. The second kappa shape index (κ2) is 3.69. The Morgan fingerprint density at radius 2 is 1.93 bits per heavy atom. The first kappa shape index (κ1) is 9.05. The van der Waals surface area contributed by atoms with Crippen LogP contribution in [0.25, 0.3) is 10.8 Å². The summed E-state index contributed by atoms with van der Waals surface area (Å²) in [6, 6.07) is 13.9. The lowest BCUT2D eigenvalue weighted by Crippen LogP contribution is -1.87. The summed E-state index contributed by atoms with van der Waals surface area (Å²) in [5, 5.41) is 11.1. The van der Waals surface area contributed by atoms with Gasteiger partial charge in [-0.3, -0.25) is 0 Å². The molecular formula is C12H8ClN. The minimum atomic E-state index is 0.379. The Morgan fingerprint density at radius 3 is 2.64 bits per heavy atom. The highest BCUT2D eigenvalue weighted by Gasteiger charge is 2.04. The Hall–Kier alpha value is -1.52. The van der Waals surface area contributed by atoms with Gasteiger partial charge < -0.3 is 0 Å². The first-order valence-electron chi connectivity index (χ1n) is 4.33. The lowest BCUT2D eigenvalue weighted by molar-refractivity contribution is 1.39. The largest absolute Gasteiger partial charge is 0.192 e. The van der Waals surface area contributed by atoms with Gasteiger partial charge in [0.15, 0.2) is 0 Å². The van der Waals surface area contributed by atoms with Gasteiger partial charge in [0.2, 0.25) is 0 Å². The summed E-state index contributed by atoms with van der Waals surface area (Å²) in [5.41, 5.74) is 1.59. The molecule has 0 fully saturated rings. The van der Waals surface area contributed by atoms with E-state index in [-0.39, 0.29) is 0 Å². The molecule has 0 heterocycles. The van der Waals surface area contributed by atoms with E-state index in [0.29, 0.717) is 11.4 Å². The molecule has 1 nitrogen and oxygen atoms in total. The Labute approximate surface area is 87.5 Å². The van der Waals surface area contributed by atoms with Crippen molar-refractivity contribution < 1.29 is 0 Å². The molecule has 0 bridgehead atoms. The summed E-state index contributed by atoms with van der Waals surface area (Å²) in [6.07, 6.45) is 0. The molecule has 0 saturated carbocycles. The summed E-state index contributed by atoms with van der Waals surface area (Å²) < 4.78 is 0. The maximum absolute atomic E-state index is 8.90. The Kier molecular flexibility index (Phi) is 2.39. The van der Waals surface area contributed by atoms with Crippen LogP contribution in [0, 0.1) is 11.3 Å². The Morgan fingerprint density at radius 1 is 1.14 bits per heavy atom. The number of rotatable bonds is 1. The molecule has 0 spiro atoms. The second-order valence-electron chi connectivity index (χ2n) is 3.06. The van der Waals surface area contributed by atoms with E-state index < -0.39 is 0 Å². The summed E-state index contributed by atoms with van der Waals surface area (Å²) in [7, 11) is 0. The van der Waals surface area contributed by atoms with Gasteiger partial charge in [0.05, 0.1) is 11.6 Å². The van der Waals surface area contributed by atoms with E-state index in [1.165, 1.54) is 0 Å². The zero-order valence-electron chi connectivity index (χ0n) is 7.50. The second-order valence-corrected chi connectivity index (χ2v) is 3.33. The highest BCUT2D eigenvalue weighted by molar-refractivity contribution is 6.18. The maximum atomic E-state index is 8.90. The Bertz CT molecular complexity index is 511. The molecule has 0 atom stereocenters. The van der Waals surface area contributed by atoms with Gasteiger partial charge in [0.1, 0.15) is 0 Å². The van der Waals surface area contributed by atoms with Crippen molar-refractivity contribution in [2.75, 3.05) is 0 Å². The first-order valence-corrected chi connectivity index (χ1v) is 4.87. The van der Waals surface area contributed by atoms with Crippen molar-refractivity contribution in [2.24, 2.45) is 0 Å². The van der Waals surface area contributed by atoms with Crippen molar-refractivity contribution >= 4 is 22.4 Å². The van der Waals surface area contributed by atoms with E-state index in [9.17, 15) is 0 Å². The van der Waals surface area contributed by atoms with Crippen molar-refractivity contribution in [3.8, 4) is 6.07 Å². The molecule has 0 N–H and O–H groups in total. The third kappa shape index (κ3) is 1.34. The monoisotopic (exact) mass is 201 g/mol. The van der Waals surface area contributed by atoms with Crippen molar-refractivity contribution in [3.05, 3.63) is 47.5 Å². The van der Waals surface area contributed by atoms with Gasteiger partial charge in [-0.2, -0.15) is 5.26 Å². The van der Waals surface area contributed by atoms with E-state index >= 15 is 0 Å². The zero-order valence-corrected chi connectivity index (χ0v) is 8.25. The molecule has 2 aromatic rings. The SMILES string of the molecule is N#Cc1ccc2ccccc2c1CCl. The van der Waals surface area contributed by atoms with Crippen LogP contribution in [-0.2, 0) is 5.88 Å². The molecule has 2 rings (SSSR count). The molecular weight excluding hydrogens is 194 g/mol. The van der Waals surface area contributed by atoms with Crippen LogP contribution < -0.4 is 0 Å². The number of alkyl halides is 1. The van der Waals surface area contributed by atoms with Crippen LogP contribution >= 0.6 is 11.6 Å². The number of nitrogens with zero attached hydrogens (tertiary/aromatic N) is 1. The number of fused-ring (bicyclic) bond motifs is 1. The number of hydrogen-bond donors (Lipinski definition) is 0. The minimum Gasteiger partial charge on any atom is -0.192 e. The molecule has 2 aromatic carbocycles. The average Bonchev–Trinajstić information content (AvgIpc) is 2.27. The van der Waals surface area contributed by atoms with Crippen molar-refractivity contribution in [1.82, 2.24) is 0 Å². The summed E-state index contributed by atoms with van der Waals surface area (Å²) in [6.45, 7) is 0. The summed E-state index contributed by atoms with van der Waals surface area (Å²) in [5.74, 6) is 0.379. The minimum absolute atomic E-state index is 0.379. The number of nitriles is 1. The van der Waals surface area contributed by atoms with Gasteiger partial charge in [0.25, 0.3) is 0 Å². The molecule has 0 aliphatic rings. The molecule has 0 unspecified atom stereocenters. The molecule has 0 aliphatic carbocycles. The van der Waals surface area contributed by atoms with Crippen molar-refractivity contribution in [1.29, 1.82) is 5.26 Å². The van der Waals surface area contributed by atoms with E-state index in [1.807, 2.05) is 36.4 Å². The lowest BCUT2D eigenvalue weighted by atomic mass is 10.0. The van der Waals surface area contributed by atoms with Gasteiger partial charge in [-0.25, -0.2) is 0 Å². The summed E-state index contributed by atoms with van der Waals surface area (Å²) >= 11 is 5.84. The normalized spacial score (nSPS) is 10.0. The van der Waals surface area contributed by atoms with Gasteiger partial charge in [0, 0.05) is 5.88 Å². The standard InChI is InChI=1S/C12H8ClN/c13-7-12-10(8-14)6-5-9-3-1-2-4-11(9)12/h1-6H,7H2. The molecule has 14 heavy (non-hydrogen) atoms. The van der Waals surface area contributed by atoms with Gasteiger partial charge in [-0.1, -0.05) is 30.3 Å². The molecule has 0 aromatic heterocycles. The van der Waals surface area contributed by atoms with E-state index in [0.717, 1.165) is 16.3 Å². The van der Waals surface area contributed by atoms with Crippen LogP contribution in [0.1, 0.15) is 11.1 Å². The predicted octanol–water partition coefficient (Wildman–Crippen LogP) is 3.45. The molecule has 0 radical (unpaired) electrons. The Balaban J connectivity index is 2.85. The van der Waals surface area contributed by atoms with E-state index in [1.54, 1.807) is 0 Å². The highest BCUT2D eigenvalue weighted by atomic mass is 35.5. The average molecular weight is 202 g/mol. The topological polar surface area (TPSA) is 23.8 Å². The lowest BCUT2D eigenvalue weighted by Gasteiger charge is -2.04. The van der Waals surface area contributed by atoms with E-state index in [2.05, 4.69) is 6.07 Å². The van der Waals surface area contributed by atoms with Gasteiger partial charge in [-0.05, 0) is 22.4 Å². The van der Waals surface area contributed by atoms with Gasteiger partial charge in [-0.15, -0.1) is 11.6 Å². The fourth-order valence-corrected chi connectivity index (χ4v) is 1.87. The van der Waals surface area contributed by atoms with Crippen LogP contribution in [0.15, 0.2) is 36.4 Å². The van der Waals surface area contributed by atoms with Crippen LogP contribution in [0.2, 0.25) is 0 Å². The third-order valence-electron chi connectivity index (χ3n) is 2.29. The maximum Gasteiger partial charge on any atom is 0.0995 e. The first-order chi connectivity index (χ1) is 6.86. The van der Waals surface area contributed by atoms with Gasteiger partial charge >= 0.3 is 0 Å². The predicted molar refractivity (Wildman–Crippen MR) is 58.2 cm³/mol. The number of hydrogen-bond acceptors (Lipinski definition) is 1. The van der Waals surface area contributed by atoms with Crippen LogP contribution in [0.5, 0.6) is 0 Å². The molecule has 0 saturated heterocycles. The van der Waals surface area contributed by atoms with Crippen LogP contribution in [0.4, 0.5) is 0 Å². The van der Waals surface area contributed by atoms with Crippen LogP contribution in [0.3, 0.4) is 0 Å². The fraction of sp³-hybridized carbons (Fsp3) is 0.0833. The third-order valence-corrected chi connectivity index (χ3v) is 2.56. The molecule has 68 valence electrons. The fourth-order valence-electron chi connectivity index (χ4n) is 1.58. The smallest absolute Gasteiger partial charge is 0.0995 e. The molecule has 0 amide bonds.